The van der Waals surface area contributed by atoms with Gasteiger partial charge in [-0.05, 0) is 32.6 Å². The van der Waals surface area contributed by atoms with Gasteiger partial charge in [0.25, 0.3) is 0 Å². The number of amides is 2. The SMILES string of the molecule is C[C@@H]1CCCC[C@@H]1NC(=O)NOCC(C)(C)O. The lowest BCUT2D eigenvalue weighted by Crippen LogP contribution is -2.47. The number of carbonyl (C=O) groups excluding carboxylic acids is 1. The van der Waals surface area contributed by atoms with Crippen LogP contribution in [0.5, 0.6) is 0 Å². The second-order valence-electron chi connectivity index (χ2n) is 5.54. The molecule has 0 aliphatic heterocycles. The van der Waals surface area contributed by atoms with E-state index in [9.17, 15) is 9.90 Å². The van der Waals surface area contributed by atoms with Gasteiger partial charge in [-0.15, -0.1) is 0 Å². The summed E-state index contributed by atoms with van der Waals surface area (Å²) < 4.78 is 0. The summed E-state index contributed by atoms with van der Waals surface area (Å²) in [6.07, 6.45) is 4.60. The first-order valence-corrected chi connectivity index (χ1v) is 6.29. The average molecular weight is 244 g/mol. The van der Waals surface area contributed by atoms with Crippen molar-refractivity contribution in [1.82, 2.24) is 10.8 Å². The van der Waals surface area contributed by atoms with E-state index in [2.05, 4.69) is 17.7 Å². The minimum Gasteiger partial charge on any atom is -0.388 e. The molecule has 0 radical (unpaired) electrons. The summed E-state index contributed by atoms with van der Waals surface area (Å²) in [5, 5.41) is 12.3. The van der Waals surface area contributed by atoms with Crippen molar-refractivity contribution in [3.05, 3.63) is 0 Å². The highest BCUT2D eigenvalue weighted by Gasteiger charge is 2.23. The van der Waals surface area contributed by atoms with E-state index in [0.717, 1.165) is 12.8 Å². The van der Waals surface area contributed by atoms with Crippen molar-refractivity contribution >= 4 is 6.03 Å². The minimum absolute atomic E-state index is 0.0701. The molecule has 2 amide bonds. The van der Waals surface area contributed by atoms with Gasteiger partial charge in [0.15, 0.2) is 0 Å². The van der Waals surface area contributed by atoms with Crippen LogP contribution in [0.15, 0.2) is 0 Å². The molecule has 0 saturated heterocycles. The lowest BCUT2D eigenvalue weighted by atomic mass is 9.86. The van der Waals surface area contributed by atoms with Crippen LogP contribution in [0.1, 0.15) is 46.5 Å². The molecule has 1 saturated carbocycles. The molecule has 100 valence electrons. The number of hydroxylamine groups is 1. The quantitative estimate of drug-likeness (QED) is 0.657. The van der Waals surface area contributed by atoms with E-state index in [1.807, 2.05) is 0 Å². The zero-order chi connectivity index (χ0) is 12.9. The van der Waals surface area contributed by atoms with Crippen molar-refractivity contribution < 1.29 is 14.7 Å². The van der Waals surface area contributed by atoms with E-state index < -0.39 is 5.60 Å². The summed E-state index contributed by atoms with van der Waals surface area (Å²) in [4.78, 5) is 16.4. The summed E-state index contributed by atoms with van der Waals surface area (Å²) in [5.41, 5.74) is 1.36. The summed E-state index contributed by atoms with van der Waals surface area (Å²) in [6.45, 7) is 5.47. The van der Waals surface area contributed by atoms with Crippen LogP contribution in [-0.4, -0.2) is 29.4 Å². The van der Waals surface area contributed by atoms with Crippen molar-refractivity contribution in [2.45, 2.75) is 58.1 Å². The Morgan fingerprint density at radius 3 is 2.65 bits per heavy atom. The average Bonchev–Trinajstić information content (AvgIpc) is 2.19. The highest BCUT2D eigenvalue weighted by Crippen LogP contribution is 2.23. The normalized spacial score (nSPS) is 25.4. The van der Waals surface area contributed by atoms with Crippen molar-refractivity contribution in [1.29, 1.82) is 0 Å². The summed E-state index contributed by atoms with van der Waals surface area (Å²) >= 11 is 0. The molecule has 5 heteroatoms. The van der Waals surface area contributed by atoms with Crippen LogP contribution < -0.4 is 10.8 Å². The number of hydrogen-bond acceptors (Lipinski definition) is 3. The molecule has 5 nitrogen and oxygen atoms in total. The lowest BCUT2D eigenvalue weighted by Gasteiger charge is -2.29. The molecular formula is C12H24N2O3. The second-order valence-corrected chi connectivity index (χ2v) is 5.54. The van der Waals surface area contributed by atoms with Crippen LogP contribution in [0.2, 0.25) is 0 Å². The number of rotatable bonds is 4. The maximum atomic E-state index is 11.5. The summed E-state index contributed by atoms with van der Waals surface area (Å²) in [7, 11) is 0. The van der Waals surface area contributed by atoms with Gasteiger partial charge in [0.1, 0.15) is 6.61 Å². The molecule has 1 rings (SSSR count). The number of carbonyl (C=O) groups is 1. The van der Waals surface area contributed by atoms with Gasteiger partial charge >= 0.3 is 6.03 Å². The van der Waals surface area contributed by atoms with Gasteiger partial charge < -0.3 is 10.4 Å². The molecule has 0 aromatic rings. The number of urea groups is 1. The maximum Gasteiger partial charge on any atom is 0.338 e. The van der Waals surface area contributed by atoms with E-state index in [1.54, 1.807) is 13.8 Å². The second kappa shape index (κ2) is 6.21. The van der Waals surface area contributed by atoms with Gasteiger partial charge in [-0.25, -0.2) is 10.3 Å². The van der Waals surface area contributed by atoms with Crippen molar-refractivity contribution in [2.24, 2.45) is 5.92 Å². The van der Waals surface area contributed by atoms with Crippen LogP contribution in [0, 0.1) is 5.92 Å². The Kier molecular flexibility index (Phi) is 5.21. The molecule has 0 spiro atoms. The molecule has 2 atom stereocenters. The standard InChI is InChI=1S/C12H24N2O3/c1-9-6-4-5-7-10(9)13-11(15)14-17-8-12(2,3)16/h9-10,16H,4-8H2,1-3H3,(H2,13,14,15)/t9-,10+/m1/s1. The van der Waals surface area contributed by atoms with Crippen LogP contribution in [0.25, 0.3) is 0 Å². The molecule has 1 aliphatic rings. The zero-order valence-corrected chi connectivity index (χ0v) is 11.0. The fraction of sp³-hybridized carbons (Fsp3) is 0.917. The molecule has 17 heavy (non-hydrogen) atoms. The molecule has 0 unspecified atom stereocenters. The number of aliphatic hydroxyl groups is 1. The third kappa shape index (κ3) is 5.89. The Hall–Kier alpha value is -0.810. The summed E-state index contributed by atoms with van der Waals surface area (Å²) in [5.74, 6) is 0.517. The van der Waals surface area contributed by atoms with Gasteiger partial charge in [-0.2, -0.15) is 0 Å². The monoisotopic (exact) mass is 244 g/mol. The lowest BCUT2D eigenvalue weighted by molar-refractivity contribution is -0.0487. The third-order valence-electron chi connectivity index (χ3n) is 3.02. The molecule has 1 aliphatic carbocycles. The predicted molar refractivity (Wildman–Crippen MR) is 65.3 cm³/mol. The summed E-state index contributed by atoms with van der Waals surface area (Å²) in [6, 6.07) is -0.0949. The van der Waals surface area contributed by atoms with E-state index >= 15 is 0 Å². The topological polar surface area (TPSA) is 70.6 Å². The molecule has 1 fully saturated rings. The largest absolute Gasteiger partial charge is 0.388 e. The zero-order valence-electron chi connectivity index (χ0n) is 11.0. The third-order valence-corrected chi connectivity index (χ3v) is 3.02. The maximum absolute atomic E-state index is 11.5. The molecule has 0 aromatic heterocycles. The Balaban J connectivity index is 2.20. The van der Waals surface area contributed by atoms with Gasteiger partial charge in [-0.1, -0.05) is 19.8 Å². The predicted octanol–water partition coefficient (Wildman–Crippen LogP) is 1.57. The number of nitrogens with one attached hydrogen (secondary N) is 2. The fourth-order valence-corrected chi connectivity index (χ4v) is 2.01. The van der Waals surface area contributed by atoms with E-state index in [1.165, 1.54) is 12.8 Å². The Morgan fingerprint density at radius 2 is 2.06 bits per heavy atom. The van der Waals surface area contributed by atoms with E-state index in [-0.39, 0.29) is 18.7 Å². The number of hydrogen-bond donors (Lipinski definition) is 3. The van der Waals surface area contributed by atoms with Crippen molar-refractivity contribution in [2.75, 3.05) is 6.61 Å². The van der Waals surface area contributed by atoms with Crippen LogP contribution in [-0.2, 0) is 4.84 Å². The minimum atomic E-state index is -0.939. The molecule has 0 heterocycles. The molecular weight excluding hydrogens is 220 g/mol. The molecule has 3 N–H and O–H groups in total. The Labute approximate surface area is 103 Å². The first kappa shape index (κ1) is 14.3. The van der Waals surface area contributed by atoms with Crippen molar-refractivity contribution in [3.8, 4) is 0 Å². The van der Waals surface area contributed by atoms with E-state index in [0.29, 0.717) is 5.92 Å². The fourth-order valence-electron chi connectivity index (χ4n) is 2.01. The smallest absolute Gasteiger partial charge is 0.338 e. The molecule has 0 bridgehead atoms. The van der Waals surface area contributed by atoms with Gasteiger partial charge in [-0.3, -0.25) is 4.84 Å². The Morgan fingerprint density at radius 1 is 1.41 bits per heavy atom. The molecule has 0 aromatic carbocycles. The Bertz CT molecular complexity index is 251. The highest BCUT2D eigenvalue weighted by molar-refractivity contribution is 5.73. The first-order valence-electron chi connectivity index (χ1n) is 6.29. The van der Waals surface area contributed by atoms with Crippen molar-refractivity contribution in [3.63, 3.8) is 0 Å². The van der Waals surface area contributed by atoms with Gasteiger partial charge in [0.05, 0.1) is 5.60 Å². The van der Waals surface area contributed by atoms with Crippen LogP contribution in [0.3, 0.4) is 0 Å². The van der Waals surface area contributed by atoms with Gasteiger partial charge in [0, 0.05) is 6.04 Å². The van der Waals surface area contributed by atoms with Gasteiger partial charge in [0.2, 0.25) is 0 Å². The van der Waals surface area contributed by atoms with Crippen LogP contribution in [0.4, 0.5) is 4.79 Å². The first-order chi connectivity index (χ1) is 7.88. The van der Waals surface area contributed by atoms with Crippen LogP contribution >= 0.6 is 0 Å². The van der Waals surface area contributed by atoms with E-state index in [4.69, 9.17) is 4.84 Å². The highest BCUT2D eigenvalue weighted by atomic mass is 16.7.